The molecule has 17 heavy (non-hydrogen) atoms. The van der Waals surface area contributed by atoms with Crippen LogP contribution in [-0.4, -0.2) is 10.4 Å². The topological polar surface area (TPSA) is 22.0 Å². The Morgan fingerprint density at radius 3 is 2.35 bits per heavy atom. The molecular weight excluding hydrogens is 210 g/mol. The van der Waals surface area contributed by atoms with Gasteiger partial charge in [0, 0.05) is 29.1 Å². The summed E-state index contributed by atoms with van der Waals surface area (Å²) in [5.74, 6) is 0.110. The number of ketones is 1. The smallest absolute Gasteiger partial charge is 0.194 e. The second-order valence-electron chi connectivity index (χ2n) is 4.22. The van der Waals surface area contributed by atoms with Crippen LogP contribution in [-0.2, 0) is 6.54 Å². The van der Waals surface area contributed by atoms with Gasteiger partial charge in [0.25, 0.3) is 0 Å². The summed E-state index contributed by atoms with van der Waals surface area (Å²) in [6.45, 7) is 7.04. The van der Waals surface area contributed by atoms with Gasteiger partial charge in [-0.3, -0.25) is 4.79 Å². The van der Waals surface area contributed by atoms with E-state index in [-0.39, 0.29) is 5.78 Å². The molecule has 1 aromatic heterocycles. The lowest BCUT2D eigenvalue weighted by Gasteiger charge is -2.05. The second-order valence-corrected chi connectivity index (χ2v) is 4.22. The molecule has 0 aliphatic carbocycles. The number of nitrogens with zero attached hydrogens (tertiary/aromatic N) is 1. The van der Waals surface area contributed by atoms with Crippen molar-refractivity contribution in [1.82, 2.24) is 4.57 Å². The first-order valence-electron chi connectivity index (χ1n) is 5.91. The van der Waals surface area contributed by atoms with E-state index in [1.54, 1.807) is 0 Å². The maximum absolute atomic E-state index is 12.3. The maximum atomic E-state index is 12.3. The Morgan fingerprint density at radius 1 is 1.18 bits per heavy atom. The fraction of sp³-hybridized carbons (Fsp3) is 0.267. The maximum Gasteiger partial charge on any atom is 0.194 e. The summed E-state index contributed by atoms with van der Waals surface area (Å²) in [4.78, 5) is 12.3. The van der Waals surface area contributed by atoms with Crippen molar-refractivity contribution in [1.29, 1.82) is 0 Å². The Balaban J connectivity index is 2.45. The lowest BCUT2D eigenvalue weighted by molar-refractivity contribution is 0.103. The van der Waals surface area contributed by atoms with Crippen molar-refractivity contribution in [2.24, 2.45) is 0 Å². The fourth-order valence-corrected chi connectivity index (χ4v) is 2.26. The molecule has 1 aromatic carbocycles. The summed E-state index contributed by atoms with van der Waals surface area (Å²) in [5, 5.41) is 0. The minimum Gasteiger partial charge on any atom is -0.349 e. The van der Waals surface area contributed by atoms with E-state index in [0.717, 1.165) is 29.1 Å². The number of carbonyl (C=O) groups is 1. The third-order valence-corrected chi connectivity index (χ3v) is 3.17. The third kappa shape index (κ3) is 2.03. The van der Waals surface area contributed by atoms with Crippen LogP contribution in [0.4, 0.5) is 0 Å². The van der Waals surface area contributed by atoms with E-state index in [4.69, 9.17) is 0 Å². The van der Waals surface area contributed by atoms with Crippen molar-refractivity contribution < 1.29 is 4.79 Å². The summed E-state index contributed by atoms with van der Waals surface area (Å²) in [7, 11) is 0. The predicted molar refractivity (Wildman–Crippen MR) is 69.5 cm³/mol. The first kappa shape index (κ1) is 11.6. The van der Waals surface area contributed by atoms with Gasteiger partial charge in [0.05, 0.1) is 0 Å². The Kier molecular flexibility index (Phi) is 3.14. The number of hydrogen-bond acceptors (Lipinski definition) is 1. The summed E-state index contributed by atoms with van der Waals surface area (Å²) in [6, 6.07) is 11.4. The Morgan fingerprint density at radius 2 is 1.82 bits per heavy atom. The molecule has 0 saturated heterocycles. The van der Waals surface area contributed by atoms with Gasteiger partial charge in [0.2, 0.25) is 0 Å². The molecule has 88 valence electrons. The van der Waals surface area contributed by atoms with Gasteiger partial charge in [-0.05, 0) is 26.8 Å². The number of aromatic nitrogens is 1. The average Bonchev–Trinajstić information content (AvgIpc) is 2.64. The minimum absolute atomic E-state index is 0.110. The quantitative estimate of drug-likeness (QED) is 0.737. The van der Waals surface area contributed by atoms with Crippen molar-refractivity contribution >= 4 is 5.78 Å². The molecule has 0 unspecified atom stereocenters. The van der Waals surface area contributed by atoms with Crippen LogP contribution in [0.5, 0.6) is 0 Å². The van der Waals surface area contributed by atoms with Crippen molar-refractivity contribution in [2.45, 2.75) is 27.3 Å². The lowest BCUT2D eigenvalue weighted by atomic mass is 10.0. The highest BCUT2D eigenvalue weighted by atomic mass is 16.1. The van der Waals surface area contributed by atoms with Crippen molar-refractivity contribution in [3.8, 4) is 0 Å². The van der Waals surface area contributed by atoms with E-state index in [1.165, 1.54) is 0 Å². The van der Waals surface area contributed by atoms with Crippen LogP contribution in [0.15, 0.2) is 36.4 Å². The van der Waals surface area contributed by atoms with Crippen molar-refractivity contribution in [3.05, 3.63) is 58.9 Å². The molecule has 0 spiro atoms. The van der Waals surface area contributed by atoms with Crippen LogP contribution in [0.25, 0.3) is 0 Å². The normalized spacial score (nSPS) is 10.5. The summed E-state index contributed by atoms with van der Waals surface area (Å²) >= 11 is 0. The molecule has 2 heteroatoms. The minimum atomic E-state index is 0.110. The van der Waals surface area contributed by atoms with Gasteiger partial charge in [-0.15, -0.1) is 0 Å². The zero-order valence-electron chi connectivity index (χ0n) is 10.5. The van der Waals surface area contributed by atoms with Crippen LogP contribution in [0.1, 0.15) is 34.2 Å². The molecule has 0 radical (unpaired) electrons. The fourth-order valence-electron chi connectivity index (χ4n) is 2.26. The van der Waals surface area contributed by atoms with E-state index in [1.807, 2.05) is 50.2 Å². The number of benzene rings is 1. The first-order chi connectivity index (χ1) is 8.15. The molecule has 0 N–H and O–H groups in total. The molecule has 0 bridgehead atoms. The number of aryl methyl sites for hydroxylation is 1. The highest BCUT2D eigenvalue weighted by Gasteiger charge is 2.15. The zero-order chi connectivity index (χ0) is 12.4. The van der Waals surface area contributed by atoms with Gasteiger partial charge in [-0.2, -0.15) is 0 Å². The van der Waals surface area contributed by atoms with Crippen LogP contribution in [0.2, 0.25) is 0 Å². The van der Waals surface area contributed by atoms with E-state index < -0.39 is 0 Å². The Hall–Kier alpha value is -1.83. The van der Waals surface area contributed by atoms with Gasteiger partial charge >= 0.3 is 0 Å². The molecular formula is C15H17NO. The molecule has 0 amide bonds. The SMILES string of the molecule is CCn1c(C)cc(C(=O)c2ccccc2)c1C. The molecule has 2 aromatic rings. The standard InChI is InChI=1S/C15H17NO/c1-4-16-11(2)10-14(12(16)3)15(17)13-8-6-5-7-9-13/h5-10H,4H2,1-3H3. The second kappa shape index (κ2) is 4.58. The summed E-state index contributed by atoms with van der Waals surface area (Å²) in [6.07, 6.45) is 0. The van der Waals surface area contributed by atoms with Crippen LogP contribution >= 0.6 is 0 Å². The van der Waals surface area contributed by atoms with E-state index in [9.17, 15) is 4.79 Å². The molecule has 1 heterocycles. The zero-order valence-corrected chi connectivity index (χ0v) is 10.5. The molecule has 0 atom stereocenters. The molecule has 2 rings (SSSR count). The number of rotatable bonds is 3. The van der Waals surface area contributed by atoms with Gasteiger partial charge in [0.15, 0.2) is 5.78 Å². The largest absolute Gasteiger partial charge is 0.349 e. The van der Waals surface area contributed by atoms with Gasteiger partial charge in [-0.25, -0.2) is 0 Å². The van der Waals surface area contributed by atoms with Gasteiger partial charge < -0.3 is 4.57 Å². The van der Waals surface area contributed by atoms with Crippen LogP contribution in [0, 0.1) is 13.8 Å². The van der Waals surface area contributed by atoms with Crippen molar-refractivity contribution in [2.75, 3.05) is 0 Å². The number of carbonyl (C=O) groups excluding carboxylic acids is 1. The van der Waals surface area contributed by atoms with Crippen molar-refractivity contribution in [3.63, 3.8) is 0 Å². The third-order valence-electron chi connectivity index (χ3n) is 3.17. The van der Waals surface area contributed by atoms with Gasteiger partial charge in [-0.1, -0.05) is 30.3 Å². The molecule has 0 aliphatic rings. The lowest BCUT2D eigenvalue weighted by Crippen LogP contribution is -2.04. The number of hydrogen-bond donors (Lipinski definition) is 0. The molecule has 2 nitrogen and oxygen atoms in total. The van der Waals surface area contributed by atoms with E-state index >= 15 is 0 Å². The highest BCUT2D eigenvalue weighted by molar-refractivity contribution is 6.09. The first-order valence-corrected chi connectivity index (χ1v) is 5.91. The monoisotopic (exact) mass is 227 g/mol. The predicted octanol–water partition coefficient (Wildman–Crippen LogP) is 3.36. The summed E-state index contributed by atoms with van der Waals surface area (Å²) in [5.41, 5.74) is 3.77. The van der Waals surface area contributed by atoms with Crippen LogP contribution < -0.4 is 0 Å². The molecule has 0 fully saturated rings. The van der Waals surface area contributed by atoms with E-state index in [0.29, 0.717) is 0 Å². The van der Waals surface area contributed by atoms with E-state index in [2.05, 4.69) is 11.5 Å². The van der Waals surface area contributed by atoms with Gasteiger partial charge in [0.1, 0.15) is 0 Å². The summed E-state index contributed by atoms with van der Waals surface area (Å²) < 4.78 is 2.16. The van der Waals surface area contributed by atoms with Crippen LogP contribution in [0.3, 0.4) is 0 Å². The Labute approximate surface area is 102 Å². The molecule has 0 saturated carbocycles. The Bertz CT molecular complexity index is 538. The average molecular weight is 227 g/mol. The molecule has 0 aliphatic heterocycles. The highest BCUT2D eigenvalue weighted by Crippen LogP contribution is 2.18.